The number of rotatable bonds is 4. The highest BCUT2D eigenvalue weighted by atomic mass is 16.3. The predicted molar refractivity (Wildman–Crippen MR) is 92.5 cm³/mol. The second-order valence-electron chi connectivity index (χ2n) is 6.19. The van der Waals surface area contributed by atoms with Gasteiger partial charge in [-0.05, 0) is 31.5 Å². The third-order valence-corrected chi connectivity index (χ3v) is 4.37. The van der Waals surface area contributed by atoms with E-state index in [-0.39, 0.29) is 30.3 Å². The third-order valence-electron chi connectivity index (χ3n) is 4.37. The van der Waals surface area contributed by atoms with Gasteiger partial charge in [0.25, 0.3) is 5.56 Å². The molecule has 24 heavy (non-hydrogen) atoms. The van der Waals surface area contributed by atoms with Crippen molar-refractivity contribution in [1.82, 2.24) is 14.9 Å². The van der Waals surface area contributed by atoms with Crippen molar-refractivity contribution in [2.24, 2.45) is 0 Å². The Hall–Kier alpha value is -2.19. The van der Waals surface area contributed by atoms with Crippen LogP contribution in [0.1, 0.15) is 19.3 Å². The van der Waals surface area contributed by atoms with Crippen LogP contribution >= 0.6 is 0 Å². The summed E-state index contributed by atoms with van der Waals surface area (Å²) in [7, 11) is 5.71. The van der Waals surface area contributed by atoms with Gasteiger partial charge in [-0.15, -0.1) is 0 Å². The molecule has 1 aliphatic rings. The Morgan fingerprint density at radius 3 is 3.04 bits per heavy atom. The van der Waals surface area contributed by atoms with Crippen molar-refractivity contribution < 1.29 is 9.90 Å². The van der Waals surface area contributed by atoms with E-state index in [1.807, 2.05) is 0 Å². The highest BCUT2D eigenvalue weighted by Crippen LogP contribution is 2.12. The molecule has 3 rings (SSSR count). The Bertz CT molecular complexity index is 836. The normalized spacial score (nSPS) is 21.0. The Morgan fingerprint density at radius 1 is 1.50 bits per heavy atom. The first kappa shape index (κ1) is 16.7. The first-order valence-electron chi connectivity index (χ1n) is 7.93. The van der Waals surface area contributed by atoms with Crippen LogP contribution in [-0.2, 0) is 11.3 Å². The van der Waals surface area contributed by atoms with E-state index >= 15 is 0 Å². The minimum atomic E-state index is -0.531. The van der Waals surface area contributed by atoms with E-state index in [1.54, 1.807) is 6.07 Å². The summed E-state index contributed by atoms with van der Waals surface area (Å²) in [5, 5.41) is 13.4. The van der Waals surface area contributed by atoms with E-state index in [0.717, 1.165) is 13.0 Å². The molecule has 1 aromatic heterocycles. The molecule has 124 valence electrons. The number of aromatic nitrogens is 2. The maximum Gasteiger partial charge on any atom is 0.261 e. The number of Topliss-reactive ketones (excluding diaryl/α,β-unsaturated/α-hetero) is 1. The number of ketones is 1. The number of benzene rings is 1. The van der Waals surface area contributed by atoms with Gasteiger partial charge < -0.3 is 16.2 Å². The SMILES string of the molecule is [B]c1cc2ncn(CC(=O)CC3NCCCC3O)c(=O)c2cc1N. The van der Waals surface area contributed by atoms with Gasteiger partial charge in [-0.3, -0.25) is 14.2 Å². The number of hydrogen-bond acceptors (Lipinski definition) is 6. The first-order chi connectivity index (χ1) is 11.5. The lowest BCUT2D eigenvalue weighted by atomic mass is 9.93. The number of nitrogen functional groups attached to an aromatic ring is 1. The van der Waals surface area contributed by atoms with Gasteiger partial charge in [0, 0.05) is 18.2 Å². The van der Waals surface area contributed by atoms with Crippen LogP contribution in [0, 0.1) is 0 Å². The lowest BCUT2D eigenvalue weighted by molar-refractivity contribution is -0.121. The number of carbonyl (C=O) groups excluding carboxylic acids is 1. The fraction of sp³-hybridized carbons (Fsp3) is 0.438. The van der Waals surface area contributed by atoms with Crippen molar-refractivity contribution in [3.8, 4) is 0 Å². The molecule has 7 nitrogen and oxygen atoms in total. The van der Waals surface area contributed by atoms with Gasteiger partial charge in [0.15, 0.2) is 5.78 Å². The Morgan fingerprint density at radius 2 is 2.29 bits per heavy atom. The zero-order valence-electron chi connectivity index (χ0n) is 13.2. The standard InChI is InChI=1S/C16H19BN4O3/c17-11-6-13-10(5-12(11)18)16(24)21(8-20-13)7-9(22)4-14-15(23)2-1-3-19-14/h5-6,8,14-15,19,23H,1-4,7,18H2. The maximum absolute atomic E-state index is 12.5. The molecule has 0 saturated carbocycles. The minimum absolute atomic E-state index is 0.0864. The molecule has 2 atom stereocenters. The monoisotopic (exact) mass is 326 g/mol. The van der Waals surface area contributed by atoms with Crippen LogP contribution in [0.2, 0.25) is 0 Å². The molecule has 4 N–H and O–H groups in total. The number of nitrogens with one attached hydrogen (secondary N) is 1. The molecule has 1 fully saturated rings. The van der Waals surface area contributed by atoms with Gasteiger partial charge in [0.1, 0.15) is 7.85 Å². The average molecular weight is 326 g/mol. The highest BCUT2D eigenvalue weighted by Gasteiger charge is 2.25. The predicted octanol–water partition coefficient (Wildman–Crippen LogP) is -1.16. The smallest absolute Gasteiger partial charge is 0.261 e. The van der Waals surface area contributed by atoms with Gasteiger partial charge in [-0.2, -0.15) is 0 Å². The number of nitrogens with two attached hydrogens (primary N) is 1. The van der Waals surface area contributed by atoms with E-state index in [2.05, 4.69) is 10.3 Å². The van der Waals surface area contributed by atoms with Crippen molar-refractivity contribution in [3.63, 3.8) is 0 Å². The van der Waals surface area contributed by atoms with Crippen LogP contribution in [0.4, 0.5) is 5.69 Å². The molecule has 0 amide bonds. The van der Waals surface area contributed by atoms with Crippen molar-refractivity contribution >= 4 is 35.7 Å². The molecule has 8 heteroatoms. The summed E-state index contributed by atoms with van der Waals surface area (Å²) in [5.41, 5.74) is 6.52. The van der Waals surface area contributed by atoms with Crippen LogP contribution in [0.15, 0.2) is 23.3 Å². The fourth-order valence-corrected chi connectivity index (χ4v) is 2.99. The largest absolute Gasteiger partial charge is 0.399 e. The molecule has 0 spiro atoms. The molecule has 2 unspecified atom stereocenters. The van der Waals surface area contributed by atoms with Crippen LogP contribution in [0.25, 0.3) is 10.9 Å². The summed E-state index contributed by atoms with van der Waals surface area (Å²) in [6.07, 6.45) is 2.56. The van der Waals surface area contributed by atoms with Crippen molar-refractivity contribution in [2.45, 2.75) is 38.0 Å². The molecule has 1 aromatic carbocycles. The number of aliphatic hydroxyl groups is 1. The van der Waals surface area contributed by atoms with Crippen LogP contribution in [0.3, 0.4) is 0 Å². The molecule has 0 aliphatic carbocycles. The summed E-state index contributed by atoms with van der Waals surface area (Å²) in [5.74, 6) is -0.139. The molecule has 1 saturated heterocycles. The van der Waals surface area contributed by atoms with Crippen LogP contribution < -0.4 is 22.1 Å². The van der Waals surface area contributed by atoms with Gasteiger partial charge in [-0.25, -0.2) is 4.98 Å². The molecule has 2 heterocycles. The number of aliphatic hydroxyl groups excluding tert-OH is 1. The number of hydrogen-bond donors (Lipinski definition) is 3. The van der Waals surface area contributed by atoms with E-state index in [0.29, 0.717) is 28.5 Å². The quantitative estimate of drug-likeness (QED) is 0.483. The van der Waals surface area contributed by atoms with Crippen LogP contribution in [-0.4, -0.2) is 47.0 Å². The molecule has 2 radical (unpaired) electrons. The van der Waals surface area contributed by atoms with E-state index in [9.17, 15) is 14.7 Å². The Labute approximate surface area is 140 Å². The van der Waals surface area contributed by atoms with E-state index < -0.39 is 6.10 Å². The number of piperidine rings is 1. The summed E-state index contributed by atoms with van der Waals surface area (Å²) in [6.45, 7) is 0.699. The zero-order chi connectivity index (χ0) is 17.3. The van der Waals surface area contributed by atoms with E-state index in [4.69, 9.17) is 13.6 Å². The number of carbonyl (C=O) groups is 1. The maximum atomic E-state index is 12.5. The number of nitrogens with zero attached hydrogens (tertiary/aromatic N) is 2. The Kier molecular flexibility index (Phi) is 4.68. The first-order valence-corrected chi connectivity index (χ1v) is 7.93. The van der Waals surface area contributed by atoms with E-state index in [1.165, 1.54) is 17.0 Å². The molecule has 1 aliphatic heterocycles. The minimum Gasteiger partial charge on any atom is -0.399 e. The number of fused-ring (bicyclic) bond motifs is 1. The average Bonchev–Trinajstić information content (AvgIpc) is 2.54. The summed E-state index contributed by atoms with van der Waals surface area (Å²) >= 11 is 0. The molecule has 2 aromatic rings. The van der Waals surface area contributed by atoms with Crippen molar-refractivity contribution in [3.05, 3.63) is 28.8 Å². The summed E-state index contributed by atoms with van der Waals surface area (Å²) in [4.78, 5) is 28.9. The summed E-state index contributed by atoms with van der Waals surface area (Å²) in [6, 6.07) is 2.76. The highest BCUT2D eigenvalue weighted by molar-refractivity contribution is 6.36. The van der Waals surface area contributed by atoms with Crippen molar-refractivity contribution in [1.29, 1.82) is 0 Å². The Balaban J connectivity index is 1.79. The van der Waals surface area contributed by atoms with Gasteiger partial charge in [0.05, 0.1) is 29.9 Å². The third kappa shape index (κ3) is 3.34. The zero-order valence-corrected chi connectivity index (χ0v) is 13.2. The second-order valence-corrected chi connectivity index (χ2v) is 6.19. The summed E-state index contributed by atoms with van der Waals surface area (Å²) < 4.78 is 1.26. The van der Waals surface area contributed by atoms with Crippen LogP contribution in [0.5, 0.6) is 0 Å². The van der Waals surface area contributed by atoms with Gasteiger partial charge in [0.2, 0.25) is 0 Å². The molecular formula is C16H19BN4O3. The van der Waals surface area contributed by atoms with Gasteiger partial charge in [-0.1, -0.05) is 5.46 Å². The topological polar surface area (TPSA) is 110 Å². The second kappa shape index (κ2) is 6.74. The molecule has 0 bridgehead atoms. The lowest BCUT2D eigenvalue weighted by Gasteiger charge is -2.28. The number of anilines is 1. The lowest BCUT2D eigenvalue weighted by Crippen LogP contribution is -2.46. The van der Waals surface area contributed by atoms with Crippen molar-refractivity contribution in [2.75, 3.05) is 12.3 Å². The van der Waals surface area contributed by atoms with Gasteiger partial charge >= 0.3 is 0 Å². The fourth-order valence-electron chi connectivity index (χ4n) is 2.99. The molecular weight excluding hydrogens is 307 g/mol.